The van der Waals surface area contributed by atoms with Crippen molar-refractivity contribution >= 4 is 5.69 Å². The van der Waals surface area contributed by atoms with Crippen LogP contribution in [0.15, 0.2) is 24.3 Å². The molecule has 0 fully saturated rings. The third kappa shape index (κ3) is 5.11. The zero-order chi connectivity index (χ0) is 11.6. The van der Waals surface area contributed by atoms with Crippen LogP contribution in [0.4, 0.5) is 5.69 Å². The van der Waals surface area contributed by atoms with Gasteiger partial charge in [0.2, 0.25) is 0 Å². The fourth-order valence-corrected chi connectivity index (χ4v) is 1.31. The Hall–Kier alpha value is -1.10. The van der Waals surface area contributed by atoms with Crippen LogP contribution in [0.5, 0.6) is 0 Å². The van der Waals surface area contributed by atoms with Crippen molar-refractivity contribution in [3.05, 3.63) is 29.8 Å². The van der Waals surface area contributed by atoms with Crippen molar-refractivity contribution < 1.29 is 9.47 Å². The molecule has 0 saturated heterocycles. The molecule has 0 aromatic heterocycles. The number of anilines is 1. The van der Waals surface area contributed by atoms with Gasteiger partial charge in [0.25, 0.3) is 0 Å². The Morgan fingerprint density at radius 1 is 1.19 bits per heavy atom. The third-order valence-corrected chi connectivity index (χ3v) is 2.23. The molecular formula is C12H20N2O2. The summed E-state index contributed by atoms with van der Waals surface area (Å²) in [6.07, 6.45) is 0. The van der Waals surface area contributed by atoms with Crippen molar-refractivity contribution in [2.24, 2.45) is 0 Å². The molecule has 0 spiro atoms. The highest BCUT2D eigenvalue weighted by Crippen LogP contribution is 2.09. The van der Waals surface area contributed by atoms with E-state index in [0.717, 1.165) is 24.3 Å². The van der Waals surface area contributed by atoms with Gasteiger partial charge in [0.1, 0.15) is 0 Å². The van der Waals surface area contributed by atoms with Crippen LogP contribution in [0, 0.1) is 0 Å². The van der Waals surface area contributed by atoms with Gasteiger partial charge < -0.3 is 20.5 Å². The van der Waals surface area contributed by atoms with E-state index in [1.54, 1.807) is 7.11 Å². The fraction of sp³-hybridized carbons (Fsp3) is 0.500. The Balaban J connectivity index is 2.05. The van der Waals surface area contributed by atoms with Gasteiger partial charge >= 0.3 is 0 Å². The first kappa shape index (κ1) is 13.0. The van der Waals surface area contributed by atoms with Crippen molar-refractivity contribution in [2.75, 3.05) is 39.2 Å². The van der Waals surface area contributed by atoms with E-state index in [-0.39, 0.29) is 0 Å². The minimum atomic E-state index is 0.644. The van der Waals surface area contributed by atoms with Crippen molar-refractivity contribution in [2.45, 2.75) is 6.54 Å². The van der Waals surface area contributed by atoms with E-state index in [2.05, 4.69) is 5.32 Å². The molecule has 0 saturated carbocycles. The molecule has 0 bridgehead atoms. The molecule has 0 aliphatic heterocycles. The first-order valence-electron chi connectivity index (χ1n) is 5.45. The van der Waals surface area contributed by atoms with Crippen LogP contribution in [0.3, 0.4) is 0 Å². The van der Waals surface area contributed by atoms with E-state index in [9.17, 15) is 0 Å². The lowest BCUT2D eigenvalue weighted by Gasteiger charge is -2.07. The average Bonchev–Trinajstić information content (AvgIpc) is 2.30. The van der Waals surface area contributed by atoms with Gasteiger partial charge in [0, 0.05) is 25.9 Å². The van der Waals surface area contributed by atoms with Crippen LogP contribution in [-0.2, 0) is 16.0 Å². The van der Waals surface area contributed by atoms with E-state index in [4.69, 9.17) is 15.2 Å². The smallest absolute Gasteiger partial charge is 0.0700 e. The zero-order valence-corrected chi connectivity index (χ0v) is 9.74. The van der Waals surface area contributed by atoms with Gasteiger partial charge in [-0.3, -0.25) is 0 Å². The Morgan fingerprint density at radius 2 is 2.00 bits per heavy atom. The van der Waals surface area contributed by atoms with Crippen molar-refractivity contribution in [1.29, 1.82) is 0 Å². The molecule has 3 N–H and O–H groups in total. The molecular weight excluding hydrogens is 204 g/mol. The number of para-hydroxylation sites is 1. The number of hydrogen-bond donors (Lipinski definition) is 2. The van der Waals surface area contributed by atoms with E-state index in [0.29, 0.717) is 19.8 Å². The molecule has 0 amide bonds. The fourth-order valence-electron chi connectivity index (χ4n) is 1.31. The molecule has 1 rings (SSSR count). The second-order valence-corrected chi connectivity index (χ2v) is 3.48. The number of nitrogen functional groups attached to an aromatic ring is 1. The highest BCUT2D eigenvalue weighted by atomic mass is 16.5. The predicted molar refractivity (Wildman–Crippen MR) is 65.3 cm³/mol. The van der Waals surface area contributed by atoms with Gasteiger partial charge in [0.15, 0.2) is 0 Å². The van der Waals surface area contributed by atoms with Gasteiger partial charge in [-0.2, -0.15) is 0 Å². The normalized spacial score (nSPS) is 10.6. The topological polar surface area (TPSA) is 56.5 Å². The maximum atomic E-state index is 5.81. The summed E-state index contributed by atoms with van der Waals surface area (Å²) < 4.78 is 10.2. The third-order valence-electron chi connectivity index (χ3n) is 2.23. The molecule has 0 atom stereocenters. The Bertz CT molecular complexity index is 292. The van der Waals surface area contributed by atoms with Gasteiger partial charge in [-0.25, -0.2) is 0 Å². The summed E-state index contributed by atoms with van der Waals surface area (Å²) in [4.78, 5) is 0. The van der Waals surface area contributed by atoms with Crippen LogP contribution in [0.25, 0.3) is 0 Å². The summed E-state index contributed by atoms with van der Waals surface area (Å²) >= 11 is 0. The average molecular weight is 224 g/mol. The predicted octanol–water partition coefficient (Wildman–Crippen LogP) is 1.02. The molecule has 4 heteroatoms. The van der Waals surface area contributed by atoms with Crippen LogP contribution < -0.4 is 11.1 Å². The monoisotopic (exact) mass is 224 g/mol. The summed E-state index contributed by atoms with van der Waals surface area (Å²) in [5.41, 5.74) is 7.77. The first-order chi connectivity index (χ1) is 7.84. The van der Waals surface area contributed by atoms with Crippen LogP contribution in [-0.4, -0.2) is 33.5 Å². The lowest BCUT2D eigenvalue weighted by molar-refractivity contribution is 0.0719. The Morgan fingerprint density at radius 3 is 2.75 bits per heavy atom. The molecule has 0 radical (unpaired) electrons. The molecule has 1 aromatic rings. The number of benzene rings is 1. The number of hydrogen-bond acceptors (Lipinski definition) is 4. The molecule has 0 heterocycles. The van der Waals surface area contributed by atoms with Gasteiger partial charge in [0.05, 0.1) is 19.8 Å². The molecule has 4 nitrogen and oxygen atoms in total. The maximum Gasteiger partial charge on any atom is 0.0700 e. The van der Waals surface area contributed by atoms with Crippen molar-refractivity contribution in [3.63, 3.8) is 0 Å². The Labute approximate surface area is 96.7 Å². The Kier molecular flexibility index (Phi) is 6.56. The second-order valence-electron chi connectivity index (χ2n) is 3.48. The quantitative estimate of drug-likeness (QED) is 0.511. The minimum Gasteiger partial charge on any atom is -0.398 e. The lowest BCUT2D eigenvalue weighted by atomic mass is 10.2. The van der Waals surface area contributed by atoms with Gasteiger partial charge in [-0.05, 0) is 11.6 Å². The van der Waals surface area contributed by atoms with Crippen LogP contribution >= 0.6 is 0 Å². The number of nitrogens with two attached hydrogens (primary N) is 1. The zero-order valence-electron chi connectivity index (χ0n) is 9.74. The number of rotatable bonds is 8. The van der Waals surface area contributed by atoms with E-state index in [1.165, 1.54) is 0 Å². The SMILES string of the molecule is COCCOCCNCc1ccccc1N. The van der Waals surface area contributed by atoms with E-state index >= 15 is 0 Å². The molecule has 0 aliphatic carbocycles. The standard InChI is InChI=1S/C12H20N2O2/c1-15-8-9-16-7-6-14-10-11-4-2-3-5-12(11)13/h2-5,14H,6-10,13H2,1H3. The van der Waals surface area contributed by atoms with Gasteiger partial charge in [-0.1, -0.05) is 18.2 Å². The highest BCUT2D eigenvalue weighted by Gasteiger charge is 1.96. The molecule has 16 heavy (non-hydrogen) atoms. The van der Waals surface area contributed by atoms with Crippen LogP contribution in [0.1, 0.15) is 5.56 Å². The lowest BCUT2D eigenvalue weighted by Crippen LogP contribution is -2.20. The summed E-state index contributed by atoms with van der Waals surface area (Å²) in [7, 11) is 1.67. The van der Waals surface area contributed by atoms with E-state index < -0.39 is 0 Å². The summed E-state index contributed by atoms with van der Waals surface area (Å²) in [6.45, 7) is 3.58. The minimum absolute atomic E-state index is 0.644. The number of ether oxygens (including phenoxy) is 2. The van der Waals surface area contributed by atoms with Gasteiger partial charge in [-0.15, -0.1) is 0 Å². The second kappa shape index (κ2) is 8.10. The first-order valence-corrected chi connectivity index (χ1v) is 5.45. The summed E-state index contributed by atoms with van der Waals surface area (Å²) in [5.74, 6) is 0. The summed E-state index contributed by atoms with van der Waals surface area (Å²) in [5, 5.41) is 3.27. The molecule has 0 aliphatic rings. The number of methoxy groups -OCH3 is 1. The number of nitrogens with one attached hydrogen (secondary N) is 1. The molecule has 0 unspecified atom stereocenters. The van der Waals surface area contributed by atoms with E-state index in [1.807, 2.05) is 24.3 Å². The maximum absolute atomic E-state index is 5.81. The van der Waals surface area contributed by atoms with Crippen LogP contribution in [0.2, 0.25) is 0 Å². The summed E-state index contributed by atoms with van der Waals surface area (Å²) in [6, 6.07) is 7.86. The van der Waals surface area contributed by atoms with Crippen molar-refractivity contribution in [3.8, 4) is 0 Å². The molecule has 1 aromatic carbocycles. The largest absolute Gasteiger partial charge is 0.398 e. The highest BCUT2D eigenvalue weighted by molar-refractivity contribution is 5.46. The molecule has 90 valence electrons. The van der Waals surface area contributed by atoms with Crippen molar-refractivity contribution in [1.82, 2.24) is 5.32 Å².